The standard InChI is InChI=1S/C16H19ClN2O3/c1-3-18-16(20)10-21-14-6-7-15(17)12(9-14)4-5-13-8-11(2)22-19-13/h6-9H,3-5,10H2,1-2H3,(H,18,20). The van der Waals surface area contributed by atoms with Crippen molar-refractivity contribution in [1.82, 2.24) is 10.5 Å². The molecule has 0 aliphatic rings. The van der Waals surface area contributed by atoms with Gasteiger partial charge in [0.25, 0.3) is 5.91 Å². The fourth-order valence-electron chi connectivity index (χ4n) is 2.03. The maximum absolute atomic E-state index is 11.4. The zero-order chi connectivity index (χ0) is 15.9. The molecule has 5 nitrogen and oxygen atoms in total. The van der Waals surface area contributed by atoms with Gasteiger partial charge in [-0.05, 0) is 50.5 Å². The van der Waals surface area contributed by atoms with Crippen LogP contribution < -0.4 is 10.1 Å². The number of amides is 1. The Labute approximate surface area is 134 Å². The number of nitrogens with one attached hydrogen (secondary N) is 1. The van der Waals surface area contributed by atoms with E-state index in [9.17, 15) is 4.79 Å². The van der Waals surface area contributed by atoms with Gasteiger partial charge in [-0.15, -0.1) is 0 Å². The van der Waals surface area contributed by atoms with Crippen molar-refractivity contribution < 1.29 is 14.1 Å². The number of rotatable bonds is 7. The zero-order valence-corrected chi connectivity index (χ0v) is 13.4. The van der Waals surface area contributed by atoms with E-state index in [1.54, 1.807) is 12.1 Å². The SMILES string of the molecule is CCNC(=O)COc1ccc(Cl)c(CCc2cc(C)on2)c1. The molecule has 2 rings (SSSR count). The van der Waals surface area contributed by atoms with Crippen molar-refractivity contribution in [3.05, 3.63) is 46.3 Å². The summed E-state index contributed by atoms with van der Waals surface area (Å²) in [5.74, 6) is 1.28. The van der Waals surface area contributed by atoms with Crippen LogP contribution in [0.15, 0.2) is 28.8 Å². The average Bonchev–Trinajstić information content (AvgIpc) is 2.91. The number of carbonyl (C=O) groups excluding carboxylic acids is 1. The minimum absolute atomic E-state index is 0.00259. The third kappa shape index (κ3) is 4.77. The van der Waals surface area contributed by atoms with Gasteiger partial charge in [-0.25, -0.2) is 0 Å². The number of nitrogens with zero attached hydrogens (tertiary/aromatic N) is 1. The summed E-state index contributed by atoms with van der Waals surface area (Å²) < 4.78 is 10.5. The number of likely N-dealkylation sites (N-methyl/N-ethyl adjacent to an activating group) is 1. The van der Waals surface area contributed by atoms with Crippen LogP contribution in [0.3, 0.4) is 0 Å². The highest BCUT2D eigenvalue weighted by Gasteiger charge is 2.07. The van der Waals surface area contributed by atoms with Crippen LogP contribution in [0.2, 0.25) is 5.02 Å². The number of aromatic nitrogens is 1. The molecule has 1 N–H and O–H groups in total. The van der Waals surface area contributed by atoms with E-state index < -0.39 is 0 Å². The van der Waals surface area contributed by atoms with E-state index in [0.717, 1.165) is 29.9 Å². The average molecular weight is 323 g/mol. The third-order valence-corrected chi connectivity index (χ3v) is 3.46. The highest BCUT2D eigenvalue weighted by Crippen LogP contribution is 2.23. The molecule has 2 aromatic rings. The molecule has 0 aliphatic heterocycles. The number of benzene rings is 1. The van der Waals surface area contributed by atoms with Crippen molar-refractivity contribution in [3.8, 4) is 5.75 Å². The molecule has 0 spiro atoms. The van der Waals surface area contributed by atoms with Gasteiger partial charge in [0.15, 0.2) is 6.61 Å². The Bertz CT molecular complexity index is 640. The largest absolute Gasteiger partial charge is 0.484 e. The van der Waals surface area contributed by atoms with Gasteiger partial charge >= 0.3 is 0 Å². The van der Waals surface area contributed by atoms with E-state index in [0.29, 0.717) is 17.3 Å². The summed E-state index contributed by atoms with van der Waals surface area (Å²) in [7, 11) is 0. The third-order valence-electron chi connectivity index (χ3n) is 3.09. The summed E-state index contributed by atoms with van der Waals surface area (Å²) in [6, 6.07) is 7.29. The normalized spacial score (nSPS) is 10.5. The maximum atomic E-state index is 11.4. The molecule has 1 aromatic heterocycles. The van der Waals surface area contributed by atoms with Crippen LogP contribution in [0.4, 0.5) is 0 Å². The second-order valence-electron chi connectivity index (χ2n) is 4.92. The van der Waals surface area contributed by atoms with E-state index in [1.165, 1.54) is 0 Å². The number of ether oxygens (including phenoxy) is 1. The maximum Gasteiger partial charge on any atom is 0.257 e. The molecule has 0 aliphatic carbocycles. The Morgan fingerprint density at radius 1 is 1.36 bits per heavy atom. The number of carbonyl (C=O) groups is 1. The van der Waals surface area contributed by atoms with Gasteiger partial charge in [0, 0.05) is 17.6 Å². The Balaban J connectivity index is 1.95. The van der Waals surface area contributed by atoms with Crippen LogP contribution in [-0.2, 0) is 17.6 Å². The van der Waals surface area contributed by atoms with Gasteiger partial charge in [0.2, 0.25) is 0 Å². The predicted octanol–water partition coefficient (Wildman–Crippen LogP) is 2.94. The Morgan fingerprint density at radius 2 is 2.18 bits per heavy atom. The van der Waals surface area contributed by atoms with Gasteiger partial charge in [-0.2, -0.15) is 0 Å². The van der Waals surface area contributed by atoms with E-state index in [4.69, 9.17) is 20.9 Å². The van der Waals surface area contributed by atoms with Crippen LogP contribution in [0.5, 0.6) is 5.75 Å². The van der Waals surface area contributed by atoms with Crippen molar-refractivity contribution >= 4 is 17.5 Å². The van der Waals surface area contributed by atoms with E-state index >= 15 is 0 Å². The van der Waals surface area contributed by atoms with Gasteiger partial charge < -0.3 is 14.6 Å². The van der Waals surface area contributed by atoms with E-state index in [1.807, 2.05) is 26.0 Å². The predicted molar refractivity (Wildman–Crippen MR) is 84.3 cm³/mol. The second kappa shape index (κ2) is 7.84. The van der Waals surface area contributed by atoms with Crippen molar-refractivity contribution in [2.45, 2.75) is 26.7 Å². The fourth-order valence-corrected chi connectivity index (χ4v) is 2.24. The molecule has 0 fully saturated rings. The second-order valence-corrected chi connectivity index (χ2v) is 5.33. The molecule has 0 saturated carbocycles. The number of hydrogen-bond acceptors (Lipinski definition) is 4. The molecule has 6 heteroatoms. The molecule has 0 atom stereocenters. The van der Waals surface area contributed by atoms with Crippen molar-refractivity contribution in [2.24, 2.45) is 0 Å². The molecule has 0 radical (unpaired) electrons. The lowest BCUT2D eigenvalue weighted by Gasteiger charge is -2.09. The molecule has 0 saturated heterocycles. The van der Waals surface area contributed by atoms with Gasteiger partial charge in [-0.3, -0.25) is 4.79 Å². The Morgan fingerprint density at radius 3 is 2.86 bits per heavy atom. The summed E-state index contributed by atoms with van der Waals surface area (Å²) in [6.07, 6.45) is 1.46. The zero-order valence-electron chi connectivity index (χ0n) is 12.7. The lowest BCUT2D eigenvalue weighted by molar-refractivity contribution is -0.122. The lowest BCUT2D eigenvalue weighted by atomic mass is 10.1. The minimum atomic E-state index is -0.142. The molecule has 1 heterocycles. The van der Waals surface area contributed by atoms with E-state index in [2.05, 4.69) is 10.5 Å². The smallest absolute Gasteiger partial charge is 0.257 e. The molecule has 22 heavy (non-hydrogen) atoms. The van der Waals surface area contributed by atoms with Crippen molar-refractivity contribution in [2.75, 3.05) is 13.2 Å². The van der Waals surface area contributed by atoms with Crippen LogP contribution >= 0.6 is 11.6 Å². The highest BCUT2D eigenvalue weighted by atomic mass is 35.5. The van der Waals surface area contributed by atoms with Crippen molar-refractivity contribution in [3.63, 3.8) is 0 Å². The van der Waals surface area contributed by atoms with Crippen LogP contribution in [0, 0.1) is 6.92 Å². The topological polar surface area (TPSA) is 64.4 Å². The van der Waals surface area contributed by atoms with Crippen LogP contribution in [-0.4, -0.2) is 24.2 Å². The summed E-state index contributed by atoms with van der Waals surface area (Å²) >= 11 is 6.20. The van der Waals surface area contributed by atoms with E-state index in [-0.39, 0.29) is 12.5 Å². The minimum Gasteiger partial charge on any atom is -0.484 e. The quantitative estimate of drug-likeness (QED) is 0.851. The first kappa shape index (κ1) is 16.4. The van der Waals surface area contributed by atoms with Gasteiger partial charge in [-0.1, -0.05) is 16.8 Å². The lowest BCUT2D eigenvalue weighted by Crippen LogP contribution is -2.28. The van der Waals surface area contributed by atoms with Crippen molar-refractivity contribution in [1.29, 1.82) is 0 Å². The molecule has 118 valence electrons. The molecule has 1 aromatic carbocycles. The first-order valence-corrected chi connectivity index (χ1v) is 7.56. The number of halogens is 1. The molecule has 1 amide bonds. The summed E-state index contributed by atoms with van der Waals surface area (Å²) in [6.45, 7) is 4.31. The molecule has 0 unspecified atom stereocenters. The van der Waals surface area contributed by atoms with Gasteiger partial charge in [0.05, 0.1) is 5.69 Å². The Kier molecular flexibility index (Phi) is 5.83. The fraction of sp³-hybridized carbons (Fsp3) is 0.375. The molecular formula is C16H19ClN2O3. The van der Waals surface area contributed by atoms with Gasteiger partial charge in [0.1, 0.15) is 11.5 Å². The Hall–Kier alpha value is -2.01. The summed E-state index contributed by atoms with van der Waals surface area (Å²) in [5, 5.41) is 7.31. The first-order chi connectivity index (χ1) is 10.6. The number of aryl methyl sites for hydroxylation is 3. The first-order valence-electron chi connectivity index (χ1n) is 7.18. The molecular weight excluding hydrogens is 304 g/mol. The highest BCUT2D eigenvalue weighted by molar-refractivity contribution is 6.31. The number of hydrogen-bond donors (Lipinski definition) is 1. The monoisotopic (exact) mass is 322 g/mol. The van der Waals surface area contributed by atoms with Crippen LogP contribution in [0.25, 0.3) is 0 Å². The summed E-state index contributed by atoms with van der Waals surface area (Å²) in [5.41, 5.74) is 1.85. The van der Waals surface area contributed by atoms with Crippen LogP contribution in [0.1, 0.15) is 23.9 Å². The molecule has 0 bridgehead atoms. The summed E-state index contributed by atoms with van der Waals surface area (Å²) in [4.78, 5) is 11.4.